The summed E-state index contributed by atoms with van der Waals surface area (Å²) in [6, 6.07) is 14.4. The number of hydrogen-bond acceptors (Lipinski definition) is 2. The van der Waals surface area contributed by atoms with Crippen molar-refractivity contribution in [3.63, 3.8) is 0 Å². The lowest BCUT2D eigenvalue weighted by Crippen LogP contribution is -2.31. The Morgan fingerprint density at radius 3 is 2.59 bits per heavy atom. The van der Waals surface area contributed by atoms with E-state index in [0.717, 1.165) is 11.1 Å². The summed E-state index contributed by atoms with van der Waals surface area (Å²) in [5.41, 5.74) is 1.61. The summed E-state index contributed by atoms with van der Waals surface area (Å²) in [4.78, 5) is 12.2. The van der Waals surface area contributed by atoms with Crippen LogP contribution < -0.4 is 0 Å². The molecule has 1 atom stereocenters. The topological polar surface area (TPSA) is 26.3 Å². The molecular formula is C19H17FO2. The molecule has 22 heavy (non-hydrogen) atoms. The van der Waals surface area contributed by atoms with Crippen molar-refractivity contribution >= 4 is 5.97 Å². The molecule has 0 heterocycles. The predicted octanol–water partition coefficient (Wildman–Crippen LogP) is 4.13. The molecule has 0 aliphatic heterocycles. The van der Waals surface area contributed by atoms with Crippen molar-refractivity contribution in [1.82, 2.24) is 0 Å². The molecule has 0 bridgehead atoms. The highest BCUT2D eigenvalue weighted by atomic mass is 19.1. The highest BCUT2D eigenvalue weighted by Crippen LogP contribution is 2.46. The molecule has 2 aromatic rings. The van der Waals surface area contributed by atoms with E-state index < -0.39 is 11.6 Å². The van der Waals surface area contributed by atoms with E-state index in [4.69, 9.17) is 4.74 Å². The Hall–Kier alpha value is -2.42. The molecular weight excluding hydrogens is 279 g/mol. The molecule has 0 fully saturated rings. The van der Waals surface area contributed by atoms with Crippen molar-refractivity contribution in [3.8, 4) is 0 Å². The van der Waals surface area contributed by atoms with Crippen molar-refractivity contribution < 1.29 is 13.9 Å². The monoisotopic (exact) mass is 296 g/mol. The van der Waals surface area contributed by atoms with Crippen LogP contribution in [0.15, 0.2) is 60.7 Å². The van der Waals surface area contributed by atoms with Gasteiger partial charge in [0, 0.05) is 23.1 Å². The second-order valence-electron chi connectivity index (χ2n) is 5.63. The number of fused-ring (bicyclic) bond motifs is 1. The van der Waals surface area contributed by atoms with Crippen LogP contribution in [0.5, 0.6) is 0 Å². The first-order valence-corrected chi connectivity index (χ1v) is 7.27. The van der Waals surface area contributed by atoms with E-state index in [0.29, 0.717) is 24.0 Å². The fourth-order valence-electron chi connectivity index (χ4n) is 3.04. The molecule has 0 N–H and O–H groups in total. The van der Waals surface area contributed by atoms with Crippen LogP contribution in [0.25, 0.3) is 0 Å². The molecule has 3 rings (SSSR count). The van der Waals surface area contributed by atoms with Gasteiger partial charge in [-0.3, -0.25) is 0 Å². The molecule has 112 valence electrons. The lowest BCUT2D eigenvalue weighted by Gasteiger charge is -2.31. The third-order valence-electron chi connectivity index (χ3n) is 4.14. The smallest absolute Gasteiger partial charge is 0.334 e. The van der Waals surface area contributed by atoms with E-state index in [1.165, 1.54) is 6.07 Å². The normalized spacial score (nSPS) is 19.5. The lowest BCUT2D eigenvalue weighted by molar-refractivity contribution is -0.151. The van der Waals surface area contributed by atoms with Gasteiger partial charge >= 0.3 is 5.97 Å². The second-order valence-corrected chi connectivity index (χ2v) is 5.63. The number of ether oxygens (including phenoxy) is 1. The summed E-state index contributed by atoms with van der Waals surface area (Å²) < 4.78 is 19.9. The van der Waals surface area contributed by atoms with E-state index in [1.54, 1.807) is 13.0 Å². The van der Waals surface area contributed by atoms with Crippen molar-refractivity contribution in [3.05, 3.63) is 83.2 Å². The third-order valence-corrected chi connectivity index (χ3v) is 4.14. The van der Waals surface area contributed by atoms with E-state index in [9.17, 15) is 9.18 Å². The molecule has 1 unspecified atom stereocenters. The van der Waals surface area contributed by atoms with Crippen LogP contribution in [-0.4, -0.2) is 5.97 Å². The standard InChI is InChI=1S/C19H17FO2/c1-13(2)18(21)22-19(14-7-4-3-5-8-14)12-11-15-16(19)9-6-10-17(15)20/h3-10H,1,11-12H2,2H3. The van der Waals surface area contributed by atoms with Gasteiger partial charge in [-0.05, 0) is 25.0 Å². The fourth-order valence-corrected chi connectivity index (χ4v) is 3.04. The van der Waals surface area contributed by atoms with Crippen LogP contribution in [0.4, 0.5) is 4.39 Å². The largest absolute Gasteiger partial charge is 0.446 e. The van der Waals surface area contributed by atoms with E-state index >= 15 is 0 Å². The fraction of sp³-hybridized carbons (Fsp3) is 0.211. The van der Waals surface area contributed by atoms with Gasteiger partial charge < -0.3 is 4.74 Å². The van der Waals surface area contributed by atoms with Gasteiger partial charge in [0.1, 0.15) is 5.82 Å². The van der Waals surface area contributed by atoms with Gasteiger partial charge in [0.25, 0.3) is 0 Å². The van der Waals surface area contributed by atoms with E-state index in [2.05, 4.69) is 6.58 Å². The minimum absolute atomic E-state index is 0.248. The van der Waals surface area contributed by atoms with Crippen molar-refractivity contribution in [2.45, 2.75) is 25.4 Å². The summed E-state index contributed by atoms with van der Waals surface area (Å²) in [6.07, 6.45) is 1.08. The maximum Gasteiger partial charge on any atom is 0.334 e. The molecule has 0 radical (unpaired) electrons. The first-order valence-electron chi connectivity index (χ1n) is 7.27. The summed E-state index contributed by atoms with van der Waals surface area (Å²) in [5, 5.41) is 0. The molecule has 0 amide bonds. The van der Waals surface area contributed by atoms with Crippen LogP contribution in [-0.2, 0) is 21.6 Å². The Bertz CT molecular complexity index is 736. The molecule has 0 saturated carbocycles. The Balaban J connectivity index is 2.17. The van der Waals surface area contributed by atoms with Gasteiger partial charge in [0.15, 0.2) is 5.60 Å². The third kappa shape index (κ3) is 2.23. The summed E-state index contributed by atoms with van der Waals surface area (Å²) >= 11 is 0. The first kappa shape index (κ1) is 14.5. The summed E-state index contributed by atoms with van der Waals surface area (Å²) in [5.74, 6) is -0.706. The highest BCUT2D eigenvalue weighted by Gasteiger charge is 2.44. The molecule has 0 saturated heterocycles. The first-order chi connectivity index (χ1) is 10.5. The van der Waals surface area contributed by atoms with Crippen molar-refractivity contribution in [2.75, 3.05) is 0 Å². The molecule has 2 aromatic carbocycles. The average molecular weight is 296 g/mol. The Morgan fingerprint density at radius 1 is 1.18 bits per heavy atom. The Kier molecular flexibility index (Phi) is 3.57. The lowest BCUT2D eigenvalue weighted by atomic mass is 9.87. The van der Waals surface area contributed by atoms with Crippen LogP contribution in [0.1, 0.15) is 30.0 Å². The number of carbonyl (C=O) groups excluding carboxylic acids is 1. The van der Waals surface area contributed by atoms with Gasteiger partial charge in [0.2, 0.25) is 0 Å². The van der Waals surface area contributed by atoms with Crippen LogP contribution >= 0.6 is 0 Å². The molecule has 1 aliphatic rings. The summed E-state index contributed by atoms with van der Waals surface area (Å²) in [7, 11) is 0. The zero-order valence-electron chi connectivity index (χ0n) is 12.4. The molecule has 0 aromatic heterocycles. The predicted molar refractivity (Wildman–Crippen MR) is 82.8 cm³/mol. The number of carbonyl (C=O) groups is 1. The SMILES string of the molecule is C=C(C)C(=O)OC1(c2ccccc2)CCc2c(F)cccc21. The van der Waals surface area contributed by atoms with Crippen LogP contribution in [0.3, 0.4) is 0 Å². The Morgan fingerprint density at radius 2 is 1.91 bits per heavy atom. The number of hydrogen-bond donors (Lipinski definition) is 0. The van der Waals surface area contributed by atoms with E-state index in [-0.39, 0.29) is 5.82 Å². The molecule has 0 spiro atoms. The van der Waals surface area contributed by atoms with Crippen LogP contribution in [0.2, 0.25) is 0 Å². The van der Waals surface area contributed by atoms with Crippen molar-refractivity contribution in [2.24, 2.45) is 0 Å². The number of benzene rings is 2. The maximum absolute atomic E-state index is 14.1. The maximum atomic E-state index is 14.1. The minimum Gasteiger partial charge on any atom is -0.446 e. The number of halogens is 1. The van der Waals surface area contributed by atoms with Gasteiger partial charge in [-0.15, -0.1) is 0 Å². The second kappa shape index (κ2) is 5.41. The highest BCUT2D eigenvalue weighted by molar-refractivity contribution is 5.87. The zero-order chi connectivity index (χ0) is 15.7. The van der Waals surface area contributed by atoms with Crippen LogP contribution in [0, 0.1) is 5.82 Å². The number of esters is 1. The van der Waals surface area contributed by atoms with Gasteiger partial charge in [0.05, 0.1) is 0 Å². The average Bonchev–Trinajstić information content (AvgIpc) is 2.89. The number of rotatable bonds is 3. The van der Waals surface area contributed by atoms with E-state index in [1.807, 2.05) is 36.4 Å². The summed E-state index contributed by atoms with van der Waals surface area (Å²) in [6.45, 7) is 5.26. The van der Waals surface area contributed by atoms with Crippen molar-refractivity contribution in [1.29, 1.82) is 0 Å². The zero-order valence-corrected chi connectivity index (χ0v) is 12.4. The van der Waals surface area contributed by atoms with Gasteiger partial charge in [-0.2, -0.15) is 0 Å². The molecule has 2 nitrogen and oxygen atoms in total. The van der Waals surface area contributed by atoms with Gasteiger partial charge in [-0.25, -0.2) is 9.18 Å². The van der Waals surface area contributed by atoms with Gasteiger partial charge in [-0.1, -0.05) is 49.0 Å². The quantitative estimate of drug-likeness (QED) is 0.628. The molecule has 3 heteroatoms. The minimum atomic E-state index is -0.936. The molecule has 1 aliphatic carbocycles. The Labute approximate surface area is 129 Å².